The van der Waals surface area contributed by atoms with Crippen LogP contribution in [-0.4, -0.2) is 73.5 Å². The molecule has 0 aromatic carbocycles. The quantitative estimate of drug-likeness (QED) is 0.339. The highest BCUT2D eigenvalue weighted by Crippen LogP contribution is 2.42. The van der Waals surface area contributed by atoms with Gasteiger partial charge in [-0.25, -0.2) is 23.3 Å². The topological polar surface area (TPSA) is 139 Å². The first-order chi connectivity index (χ1) is 21.0. The molecule has 238 valence electrons. The maximum Gasteiger partial charge on any atom is 0.393 e. The van der Waals surface area contributed by atoms with Crippen LogP contribution in [0.3, 0.4) is 0 Å². The van der Waals surface area contributed by atoms with Crippen molar-refractivity contribution >= 4 is 17.6 Å². The number of ether oxygens (including phenoxy) is 1. The summed E-state index contributed by atoms with van der Waals surface area (Å²) in [7, 11) is 0. The number of alkyl halides is 5. The maximum atomic E-state index is 14.0. The molecule has 0 radical (unpaired) electrons. The van der Waals surface area contributed by atoms with E-state index in [0.29, 0.717) is 43.1 Å². The number of fused-ring (bicyclic) bond motifs is 1. The predicted octanol–water partition coefficient (Wildman–Crippen LogP) is 3.90. The molecule has 11 nitrogen and oxygen atoms in total. The van der Waals surface area contributed by atoms with Gasteiger partial charge in [0.25, 0.3) is 11.7 Å². The van der Waals surface area contributed by atoms with Crippen LogP contribution in [-0.2, 0) is 16.0 Å². The van der Waals surface area contributed by atoms with E-state index in [1.807, 2.05) is 0 Å². The molecule has 3 N–H and O–H groups in total. The minimum atomic E-state index is -4.44. The number of piperidine rings is 1. The number of aromatic amines is 1. The standard InChI is InChI=1S/C28H33F5N8O3/c29-27(30)6-1-15(2-7-27)23(37-25(43)19-3-8-35-39-19)21-14-41-26(36-21)38-22(16-4-9-44-10-5-16)20(40-41)12-17-11-18(28(31,32)33)13-34-24(17)42/h3,8,14-18,23H,1-2,4-7,9-13H2,(H,34,42)(H,35,39)(H,37,43)/t17-,18-,23+/m1/s1. The summed E-state index contributed by atoms with van der Waals surface area (Å²) in [6.45, 7) is 0.496. The summed E-state index contributed by atoms with van der Waals surface area (Å²) < 4.78 is 75.5. The van der Waals surface area contributed by atoms with Crippen molar-refractivity contribution in [2.75, 3.05) is 19.8 Å². The Labute approximate surface area is 248 Å². The third-order valence-corrected chi connectivity index (χ3v) is 8.99. The van der Waals surface area contributed by atoms with Crippen molar-refractivity contribution in [3.8, 4) is 0 Å². The smallest absolute Gasteiger partial charge is 0.381 e. The highest BCUT2D eigenvalue weighted by molar-refractivity contribution is 5.92. The largest absolute Gasteiger partial charge is 0.393 e. The first-order valence-corrected chi connectivity index (χ1v) is 14.8. The Morgan fingerprint density at radius 1 is 1.16 bits per heavy atom. The number of nitrogens with zero attached hydrogens (tertiary/aromatic N) is 5. The Hall–Kier alpha value is -3.69. The van der Waals surface area contributed by atoms with Crippen molar-refractivity contribution < 1.29 is 36.3 Å². The minimum Gasteiger partial charge on any atom is -0.381 e. The lowest BCUT2D eigenvalue weighted by atomic mass is 9.81. The molecule has 3 fully saturated rings. The number of nitrogens with one attached hydrogen (secondary N) is 3. The van der Waals surface area contributed by atoms with Crippen LogP contribution in [0, 0.1) is 17.8 Å². The number of rotatable bonds is 7. The Morgan fingerprint density at radius 3 is 2.59 bits per heavy atom. The van der Waals surface area contributed by atoms with Crippen LogP contribution in [0.5, 0.6) is 0 Å². The Kier molecular flexibility index (Phi) is 8.28. The van der Waals surface area contributed by atoms with Gasteiger partial charge in [0.05, 0.1) is 35.2 Å². The third-order valence-electron chi connectivity index (χ3n) is 8.99. The van der Waals surface area contributed by atoms with Gasteiger partial charge in [-0.1, -0.05) is 0 Å². The number of aromatic nitrogens is 6. The van der Waals surface area contributed by atoms with Gasteiger partial charge >= 0.3 is 6.18 Å². The normalized spacial score (nSPS) is 24.2. The molecule has 2 saturated heterocycles. The molecule has 16 heteroatoms. The van der Waals surface area contributed by atoms with E-state index in [2.05, 4.69) is 25.8 Å². The fourth-order valence-electron chi connectivity index (χ4n) is 6.47. The summed E-state index contributed by atoms with van der Waals surface area (Å²) in [6.07, 6.45) is -0.947. The van der Waals surface area contributed by atoms with Gasteiger partial charge < -0.3 is 15.4 Å². The average molecular weight is 625 g/mol. The molecule has 6 rings (SSSR count). The number of carbonyl (C=O) groups excluding carboxylic acids is 2. The van der Waals surface area contributed by atoms with Crippen LogP contribution in [0.25, 0.3) is 5.78 Å². The Bertz CT molecular complexity index is 1480. The molecule has 3 aromatic heterocycles. The van der Waals surface area contributed by atoms with Crippen LogP contribution in [0.15, 0.2) is 18.5 Å². The number of hydrogen-bond acceptors (Lipinski definition) is 7. The van der Waals surface area contributed by atoms with Gasteiger partial charge in [0.15, 0.2) is 0 Å². The summed E-state index contributed by atoms with van der Waals surface area (Å²) in [5, 5.41) is 16.4. The van der Waals surface area contributed by atoms with Crippen LogP contribution < -0.4 is 10.6 Å². The third kappa shape index (κ3) is 6.54. The van der Waals surface area contributed by atoms with E-state index in [0.717, 1.165) is 0 Å². The van der Waals surface area contributed by atoms with Crippen LogP contribution in [0.4, 0.5) is 22.0 Å². The second-order valence-corrected chi connectivity index (χ2v) is 12.0. The van der Waals surface area contributed by atoms with Gasteiger partial charge in [-0.3, -0.25) is 14.7 Å². The zero-order chi connectivity index (χ0) is 31.1. The van der Waals surface area contributed by atoms with E-state index in [9.17, 15) is 31.5 Å². The zero-order valence-electron chi connectivity index (χ0n) is 23.7. The lowest BCUT2D eigenvalue weighted by Gasteiger charge is -2.33. The molecule has 0 bridgehead atoms. The van der Waals surface area contributed by atoms with Crippen molar-refractivity contribution in [2.45, 2.75) is 75.4 Å². The number of halogens is 5. The molecule has 2 aliphatic heterocycles. The highest BCUT2D eigenvalue weighted by atomic mass is 19.4. The monoisotopic (exact) mass is 624 g/mol. The van der Waals surface area contributed by atoms with E-state index < -0.39 is 48.3 Å². The van der Waals surface area contributed by atoms with E-state index in [1.165, 1.54) is 16.8 Å². The van der Waals surface area contributed by atoms with Gasteiger partial charge in [-0.05, 0) is 44.1 Å². The van der Waals surface area contributed by atoms with Crippen molar-refractivity contribution in [3.05, 3.63) is 41.2 Å². The summed E-state index contributed by atoms with van der Waals surface area (Å²) in [5.74, 6) is -6.57. The fourth-order valence-corrected chi connectivity index (χ4v) is 6.47. The van der Waals surface area contributed by atoms with Crippen LogP contribution in [0.2, 0.25) is 0 Å². The molecule has 1 saturated carbocycles. The van der Waals surface area contributed by atoms with Crippen molar-refractivity contribution in [1.82, 2.24) is 40.4 Å². The second-order valence-electron chi connectivity index (χ2n) is 12.0. The van der Waals surface area contributed by atoms with Crippen LogP contribution >= 0.6 is 0 Å². The molecule has 44 heavy (non-hydrogen) atoms. The fraction of sp³-hybridized carbons (Fsp3) is 0.643. The first kappa shape index (κ1) is 30.3. The SMILES string of the molecule is O=C(N[C@H](c1cn2nc(C[C@H]3C[C@@H](C(F)(F)F)CNC3=O)c(C3CCOCC3)nc2n1)C1CCC(F)(F)CC1)c1ccn[nH]1. The van der Waals surface area contributed by atoms with Gasteiger partial charge in [-0.15, -0.1) is 0 Å². The second kappa shape index (κ2) is 12.0. The van der Waals surface area contributed by atoms with E-state index >= 15 is 0 Å². The lowest BCUT2D eigenvalue weighted by molar-refractivity contribution is -0.183. The number of amides is 2. The molecular weight excluding hydrogens is 591 g/mol. The van der Waals surface area contributed by atoms with Crippen molar-refractivity contribution in [1.29, 1.82) is 0 Å². The minimum absolute atomic E-state index is 0.0424. The molecule has 3 aliphatic rings. The molecule has 3 aromatic rings. The summed E-state index contributed by atoms with van der Waals surface area (Å²) in [6, 6.07) is 0.753. The Morgan fingerprint density at radius 2 is 1.91 bits per heavy atom. The van der Waals surface area contributed by atoms with E-state index in [1.54, 1.807) is 6.20 Å². The molecule has 2 amide bonds. The maximum absolute atomic E-state index is 14.0. The summed E-state index contributed by atoms with van der Waals surface area (Å²) in [5.41, 5.74) is 1.51. The predicted molar refractivity (Wildman–Crippen MR) is 144 cm³/mol. The Balaban J connectivity index is 1.35. The van der Waals surface area contributed by atoms with Gasteiger partial charge in [-0.2, -0.15) is 23.4 Å². The highest BCUT2D eigenvalue weighted by Gasteiger charge is 2.45. The number of carbonyl (C=O) groups is 2. The number of H-pyrrole nitrogens is 1. The van der Waals surface area contributed by atoms with Crippen LogP contribution in [0.1, 0.15) is 84.5 Å². The number of hydrogen-bond donors (Lipinski definition) is 3. The van der Waals surface area contributed by atoms with E-state index in [-0.39, 0.29) is 61.8 Å². The average Bonchev–Trinajstić information content (AvgIpc) is 3.67. The first-order valence-electron chi connectivity index (χ1n) is 14.8. The van der Waals surface area contributed by atoms with Crippen molar-refractivity contribution in [3.63, 3.8) is 0 Å². The molecule has 0 unspecified atom stereocenters. The lowest BCUT2D eigenvalue weighted by Crippen LogP contribution is -2.47. The molecule has 0 spiro atoms. The molecule has 5 heterocycles. The zero-order valence-corrected chi connectivity index (χ0v) is 23.7. The summed E-state index contributed by atoms with van der Waals surface area (Å²) >= 11 is 0. The van der Waals surface area contributed by atoms with Gasteiger partial charge in [0.1, 0.15) is 5.69 Å². The molecule has 1 aliphatic carbocycles. The van der Waals surface area contributed by atoms with Gasteiger partial charge in [0, 0.05) is 57.1 Å². The van der Waals surface area contributed by atoms with E-state index in [4.69, 9.17) is 14.8 Å². The molecular formula is C28H33F5N8O3. The molecule has 3 atom stereocenters. The van der Waals surface area contributed by atoms with Gasteiger partial charge in [0.2, 0.25) is 11.8 Å². The summed E-state index contributed by atoms with van der Waals surface area (Å²) in [4.78, 5) is 35.1. The number of imidazole rings is 1. The van der Waals surface area contributed by atoms with Crippen molar-refractivity contribution in [2.24, 2.45) is 17.8 Å².